The van der Waals surface area contributed by atoms with E-state index in [1.807, 2.05) is 6.07 Å². The highest BCUT2D eigenvalue weighted by atomic mass is 19.1. The molecule has 8 heteroatoms. The van der Waals surface area contributed by atoms with Gasteiger partial charge in [-0.2, -0.15) is 0 Å². The fraction of sp³-hybridized carbons (Fsp3) is 0.476. The van der Waals surface area contributed by atoms with Crippen molar-refractivity contribution in [2.75, 3.05) is 33.7 Å². The Bertz CT molecular complexity index is 957. The Labute approximate surface area is 169 Å². The maximum atomic E-state index is 13.9. The molecule has 7 nitrogen and oxygen atoms in total. The van der Waals surface area contributed by atoms with E-state index in [9.17, 15) is 14.0 Å². The monoisotopic (exact) mass is 400 g/mol. The number of hydrogen-bond donors (Lipinski definition) is 0. The van der Waals surface area contributed by atoms with Crippen LogP contribution in [0.4, 0.5) is 9.18 Å². The first-order chi connectivity index (χ1) is 13.8. The van der Waals surface area contributed by atoms with Gasteiger partial charge < -0.3 is 19.1 Å². The predicted molar refractivity (Wildman–Crippen MR) is 104 cm³/mol. The number of benzene rings is 1. The summed E-state index contributed by atoms with van der Waals surface area (Å²) in [4.78, 5) is 35.1. The zero-order chi connectivity index (χ0) is 20.9. The molecule has 2 saturated heterocycles. The van der Waals surface area contributed by atoms with Gasteiger partial charge in [0.1, 0.15) is 5.82 Å². The molecule has 3 heterocycles. The summed E-state index contributed by atoms with van der Waals surface area (Å²) in [6.45, 7) is 5.02. The Morgan fingerprint density at radius 2 is 1.97 bits per heavy atom. The van der Waals surface area contributed by atoms with E-state index in [0.717, 1.165) is 5.56 Å². The quantitative estimate of drug-likeness (QED) is 0.777. The van der Waals surface area contributed by atoms with Gasteiger partial charge in [-0.25, -0.2) is 14.2 Å². The summed E-state index contributed by atoms with van der Waals surface area (Å²) in [7, 11) is 3.42. The number of likely N-dealkylation sites (tertiary alicyclic amines) is 2. The molecular formula is C21H25FN4O3. The first kappa shape index (κ1) is 19.4. The molecule has 0 spiro atoms. The molecule has 3 atom stereocenters. The lowest BCUT2D eigenvalue weighted by Crippen LogP contribution is -2.42. The Morgan fingerprint density at radius 3 is 2.59 bits per heavy atom. The van der Waals surface area contributed by atoms with E-state index in [-0.39, 0.29) is 41.4 Å². The summed E-state index contributed by atoms with van der Waals surface area (Å²) in [5.41, 5.74) is 1.34. The van der Waals surface area contributed by atoms with Crippen molar-refractivity contribution >= 4 is 11.9 Å². The second-order valence-electron chi connectivity index (χ2n) is 8.11. The Morgan fingerprint density at radius 1 is 1.21 bits per heavy atom. The van der Waals surface area contributed by atoms with E-state index >= 15 is 0 Å². The van der Waals surface area contributed by atoms with Crippen LogP contribution in [0.25, 0.3) is 0 Å². The van der Waals surface area contributed by atoms with Crippen LogP contribution in [0, 0.1) is 31.5 Å². The highest BCUT2D eigenvalue weighted by Crippen LogP contribution is 2.45. The number of urea groups is 1. The second-order valence-corrected chi connectivity index (χ2v) is 8.11. The molecule has 1 aromatic heterocycles. The third kappa shape index (κ3) is 3.36. The van der Waals surface area contributed by atoms with Crippen LogP contribution >= 0.6 is 0 Å². The van der Waals surface area contributed by atoms with Gasteiger partial charge in [0, 0.05) is 52.5 Å². The van der Waals surface area contributed by atoms with Crippen LogP contribution in [-0.2, 0) is 0 Å². The van der Waals surface area contributed by atoms with Gasteiger partial charge in [-0.1, -0.05) is 12.1 Å². The molecule has 29 heavy (non-hydrogen) atoms. The molecule has 0 radical (unpaired) electrons. The molecule has 4 rings (SSSR count). The minimum atomic E-state index is -0.332. The molecule has 0 saturated carbocycles. The maximum absolute atomic E-state index is 13.9. The molecule has 1 aromatic carbocycles. The van der Waals surface area contributed by atoms with E-state index in [2.05, 4.69) is 4.98 Å². The first-order valence-corrected chi connectivity index (χ1v) is 9.73. The lowest BCUT2D eigenvalue weighted by molar-refractivity contribution is 0.0732. The van der Waals surface area contributed by atoms with Crippen molar-refractivity contribution in [1.29, 1.82) is 0 Å². The summed E-state index contributed by atoms with van der Waals surface area (Å²) in [5, 5.41) is 0. The van der Waals surface area contributed by atoms with E-state index in [4.69, 9.17) is 4.42 Å². The zero-order valence-electron chi connectivity index (χ0n) is 17.1. The molecule has 0 bridgehead atoms. The van der Waals surface area contributed by atoms with Crippen molar-refractivity contribution in [2.24, 2.45) is 11.8 Å². The van der Waals surface area contributed by atoms with Gasteiger partial charge in [0.05, 0.1) is 11.7 Å². The number of fused-ring (bicyclic) bond motifs is 1. The van der Waals surface area contributed by atoms with Crippen LogP contribution in [0.5, 0.6) is 0 Å². The van der Waals surface area contributed by atoms with Crippen LogP contribution in [0.15, 0.2) is 28.7 Å². The minimum Gasteiger partial charge on any atom is -0.436 e. The second kappa shape index (κ2) is 7.17. The molecular weight excluding hydrogens is 375 g/mol. The number of halogens is 1. The number of hydrogen-bond acceptors (Lipinski definition) is 4. The van der Waals surface area contributed by atoms with Crippen LogP contribution < -0.4 is 0 Å². The average Bonchev–Trinajstić information content (AvgIpc) is 3.32. The van der Waals surface area contributed by atoms with Crippen molar-refractivity contribution in [1.82, 2.24) is 19.7 Å². The van der Waals surface area contributed by atoms with Gasteiger partial charge in [-0.15, -0.1) is 0 Å². The highest BCUT2D eigenvalue weighted by Gasteiger charge is 2.51. The topological polar surface area (TPSA) is 69.9 Å². The first-order valence-electron chi connectivity index (χ1n) is 9.73. The molecule has 2 aliphatic heterocycles. The Hall–Kier alpha value is -2.90. The van der Waals surface area contributed by atoms with Crippen molar-refractivity contribution < 1.29 is 18.4 Å². The fourth-order valence-electron chi connectivity index (χ4n) is 4.66. The number of carbonyl (C=O) groups is 2. The highest BCUT2D eigenvalue weighted by molar-refractivity contribution is 5.92. The number of aromatic nitrogens is 1. The Balaban J connectivity index is 1.63. The summed E-state index contributed by atoms with van der Waals surface area (Å²) < 4.78 is 19.4. The summed E-state index contributed by atoms with van der Waals surface area (Å²) in [6, 6.07) is 6.01. The molecule has 0 aliphatic carbocycles. The summed E-state index contributed by atoms with van der Waals surface area (Å²) in [5.74, 6) is 0.383. The number of aryl methyl sites for hydroxylation is 2. The third-order valence-corrected chi connectivity index (χ3v) is 5.87. The van der Waals surface area contributed by atoms with Gasteiger partial charge in [-0.05, 0) is 24.6 Å². The van der Waals surface area contributed by atoms with E-state index < -0.39 is 0 Å². The minimum absolute atomic E-state index is 0.0361. The number of amides is 3. The normalized spacial score (nSPS) is 23.4. The van der Waals surface area contributed by atoms with E-state index in [0.29, 0.717) is 31.2 Å². The molecule has 2 aromatic rings. The standard InChI is InChI=1S/C21H25FN4O3/c1-12-19(29-13(2)23-12)20(27)25-9-15-10-26(21(28)24(3)4)18(17(15)11-25)14-6-5-7-16(22)8-14/h5-8,15,17-18H,9-11H2,1-4H3/t15-,17-,18-/m1/s1. The number of oxazole rings is 1. The number of carbonyl (C=O) groups excluding carboxylic acids is 2. The van der Waals surface area contributed by atoms with Crippen LogP contribution in [-0.4, -0.2) is 65.4 Å². The van der Waals surface area contributed by atoms with E-state index in [1.165, 1.54) is 17.0 Å². The zero-order valence-corrected chi connectivity index (χ0v) is 17.1. The molecule has 2 aliphatic rings. The molecule has 2 fully saturated rings. The predicted octanol–water partition coefficient (Wildman–Crippen LogP) is 2.86. The largest absolute Gasteiger partial charge is 0.436 e. The summed E-state index contributed by atoms with van der Waals surface area (Å²) in [6.07, 6.45) is 0. The SMILES string of the molecule is Cc1nc(C)c(C(=O)N2C[C@@H]3CN(C(=O)N(C)C)[C@H](c4cccc(F)c4)[C@@H]3C2)o1. The lowest BCUT2D eigenvalue weighted by atomic mass is 9.89. The smallest absolute Gasteiger partial charge is 0.320 e. The number of nitrogens with zero attached hydrogens (tertiary/aromatic N) is 4. The molecule has 3 amide bonds. The van der Waals surface area contributed by atoms with E-state index in [1.54, 1.807) is 43.8 Å². The van der Waals surface area contributed by atoms with Crippen molar-refractivity contribution in [3.05, 3.63) is 53.0 Å². The van der Waals surface area contributed by atoms with Gasteiger partial charge in [0.15, 0.2) is 5.89 Å². The number of rotatable bonds is 2. The van der Waals surface area contributed by atoms with Crippen molar-refractivity contribution in [2.45, 2.75) is 19.9 Å². The average molecular weight is 400 g/mol. The Kier molecular flexibility index (Phi) is 4.80. The van der Waals surface area contributed by atoms with Gasteiger partial charge >= 0.3 is 6.03 Å². The molecule has 0 unspecified atom stereocenters. The van der Waals surface area contributed by atoms with Crippen molar-refractivity contribution in [3.8, 4) is 0 Å². The molecule has 0 N–H and O–H groups in total. The summed E-state index contributed by atoms with van der Waals surface area (Å²) >= 11 is 0. The van der Waals surface area contributed by atoms with Gasteiger partial charge in [-0.3, -0.25) is 4.79 Å². The molecule has 154 valence electrons. The third-order valence-electron chi connectivity index (χ3n) is 5.87. The van der Waals surface area contributed by atoms with Crippen LogP contribution in [0.1, 0.15) is 33.7 Å². The fourth-order valence-corrected chi connectivity index (χ4v) is 4.66. The lowest BCUT2D eigenvalue weighted by Gasteiger charge is -2.31. The maximum Gasteiger partial charge on any atom is 0.320 e. The van der Waals surface area contributed by atoms with Gasteiger partial charge in [0.25, 0.3) is 5.91 Å². The van der Waals surface area contributed by atoms with Crippen molar-refractivity contribution in [3.63, 3.8) is 0 Å². The van der Waals surface area contributed by atoms with Gasteiger partial charge in [0.2, 0.25) is 5.76 Å². The van der Waals surface area contributed by atoms with Crippen LogP contribution in [0.3, 0.4) is 0 Å². The van der Waals surface area contributed by atoms with Crippen LogP contribution in [0.2, 0.25) is 0 Å².